The maximum absolute atomic E-state index is 11.5. The Labute approximate surface area is 124 Å². The fourth-order valence-corrected chi connectivity index (χ4v) is 2.83. The Kier molecular flexibility index (Phi) is 5.57. The van der Waals surface area contributed by atoms with Crippen molar-refractivity contribution in [3.8, 4) is 0 Å². The molecule has 1 heterocycles. The molecule has 3 amide bonds. The van der Waals surface area contributed by atoms with Crippen LogP contribution in [-0.2, 0) is 11.3 Å². The number of carbonyl (C=O) groups excluding carboxylic acids is 2. The number of nitrogens with one attached hydrogen (secondary N) is 2. The topological polar surface area (TPSA) is 71.1 Å². The van der Waals surface area contributed by atoms with Gasteiger partial charge in [-0.15, -0.1) is 11.3 Å². The first-order valence-electron chi connectivity index (χ1n) is 5.88. The largest absolute Gasteiger partial charge is 0.334 e. The molecule has 0 aliphatic heterocycles. The lowest BCUT2D eigenvalue weighted by Gasteiger charge is -2.06. The van der Waals surface area contributed by atoms with Crippen LogP contribution in [0, 0.1) is 0 Å². The summed E-state index contributed by atoms with van der Waals surface area (Å²) in [5.41, 5.74) is 0.979. The Morgan fingerprint density at radius 2 is 2.05 bits per heavy atom. The molecule has 2 rings (SSSR count). The van der Waals surface area contributed by atoms with E-state index in [0.29, 0.717) is 6.54 Å². The van der Waals surface area contributed by atoms with Gasteiger partial charge in [0.1, 0.15) is 4.34 Å². The number of hydrogen-bond donors (Lipinski definition) is 2. The first kappa shape index (κ1) is 14.5. The highest BCUT2D eigenvalue weighted by Gasteiger charge is 2.08. The van der Waals surface area contributed by atoms with Gasteiger partial charge in [0.15, 0.2) is 0 Å². The molecule has 0 saturated carbocycles. The summed E-state index contributed by atoms with van der Waals surface area (Å²) in [6.07, 6.45) is 1.68. The summed E-state index contributed by atoms with van der Waals surface area (Å²) in [5, 5.41) is 6.75. The first-order chi connectivity index (χ1) is 9.74. The van der Waals surface area contributed by atoms with Crippen molar-refractivity contribution < 1.29 is 9.59 Å². The van der Waals surface area contributed by atoms with Gasteiger partial charge in [-0.25, -0.2) is 9.78 Å². The van der Waals surface area contributed by atoms with Crippen LogP contribution < -0.4 is 10.6 Å². The molecule has 1 aromatic carbocycles. The third-order valence-corrected chi connectivity index (χ3v) is 4.25. The Morgan fingerprint density at radius 1 is 1.25 bits per heavy atom. The average molecular weight is 307 g/mol. The molecule has 20 heavy (non-hydrogen) atoms. The molecule has 1 aromatic heterocycles. The van der Waals surface area contributed by atoms with Gasteiger partial charge in [0.2, 0.25) is 5.91 Å². The van der Waals surface area contributed by atoms with Crippen LogP contribution in [0.5, 0.6) is 0 Å². The molecule has 0 bridgehead atoms. The number of imide groups is 1. The first-order valence-corrected chi connectivity index (χ1v) is 7.74. The molecular weight excluding hydrogens is 294 g/mol. The highest BCUT2D eigenvalue weighted by molar-refractivity contribution is 8.01. The number of rotatable bonds is 5. The second-order valence-corrected chi connectivity index (χ2v) is 5.92. The minimum Gasteiger partial charge on any atom is -0.334 e. The number of hydrogen-bond acceptors (Lipinski definition) is 5. The van der Waals surface area contributed by atoms with Crippen LogP contribution in [0.2, 0.25) is 0 Å². The van der Waals surface area contributed by atoms with E-state index in [9.17, 15) is 9.59 Å². The average Bonchev–Trinajstić information content (AvgIpc) is 2.97. The summed E-state index contributed by atoms with van der Waals surface area (Å²) < 4.78 is 0.810. The number of thioether (sulfide) groups is 1. The zero-order valence-corrected chi connectivity index (χ0v) is 12.2. The van der Waals surface area contributed by atoms with E-state index >= 15 is 0 Å². The molecule has 7 heteroatoms. The van der Waals surface area contributed by atoms with Gasteiger partial charge in [0.25, 0.3) is 0 Å². The molecule has 0 unspecified atom stereocenters. The van der Waals surface area contributed by atoms with E-state index in [0.717, 1.165) is 9.90 Å². The smallest absolute Gasteiger partial charge is 0.321 e. The second-order valence-electron chi connectivity index (χ2n) is 3.80. The van der Waals surface area contributed by atoms with Crippen LogP contribution in [0.4, 0.5) is 4.79 Å². The molecule has 0 radical (unpaired) electrons. The van der Waals surface area contributed by atoms with Gasteiger partial charge in [0, 0.05) is 18.1 Å². The van der Waals surface area contributed by atoms with Gasteiger partial charge < -0.3 is 5.32 Å². The highest BCUT2D eigenvalue weighted by Crippen LogP contribution is 2.19. The lowest BCUT2D eigenvalue weighted by atomic mass is 10.2. The van der Waals surface area contributed by atoms with E-state index in [-0.39, 0.29) is 11.7 Å². The summed E-state index contributed by atoms with van der Waals surface area (Å²) in [6.45, 7) is 0.388. The van der Waals surface area contributed by atoms with Gasteiger partial charge in [-0.05, 0) is 5.56 Å². The van der Waals surface area contributed by atoms with E-state index in [1.165, 1.54) is 23.1 Å². The molecule has 0 aliphatic rings. The maximum Gasteiger partial charge on any atom is 0.321 e. The summed E-state index contributed by atoms with van der Waals surface area (Å²) in [5.74, 6) is -0.164. The van der Waals surface area contributed by atoms with Crippen molar-refractivity contribution in [3.63, 3.8) is 0 Å². The molecule has 0 saturated heterocycles. The third kappa shape index (κ3) is 5.02. The quantitative estimate of drug-likeness (QED) is 0.831. The van der Waals surface area contributed by atoms with Crippen molar-refractivity contribution in [2.24, 2.45) is 0 Å². The van der Waals surface area contributed by atoms with E-state index in [1.807, 2.05) is 35.7 Å². The van der Waals surface area contributed by atoms with E-state index in [4.69, 9.17) is 0 Å². The fraction of sp³-hybridized carbons (Fsp3) is 0.154. The summed E-state index contributed by atoms with van der Waals surface area (Å²) in [7, 11) is 0. The molecule has 5 nitrogen and oxygen atoms in total. The van der Waals surface area contributed by atoms with Gasteiger partial charge in [-0.3, -0.25) is 10.1 Å². The number of nitrogens with zero attached hydrogens (tertiary/aromatic N) is 1. The monoisotopic (exact) mass is 307 g/mol. The van der Waals surface area contributed by atoms with Crippen molar-refractivity contribution in [2.45, 2.75) is 10.9 Å². The summed E-state index contributed by atoms with van der Waals surface area (Å²) >= 11 is 2.77. The minimum atomic E-state index is -0.487. The zero-order valence-electron chi connectivity index (χ0n) is 10.5. The Hall–Kier alpha value is -1.86. The zero-order chi connectivity index (χ0) is 14.2. The maximum atomic E-state index is 11.5. The summed E-state index contributed by atoms with van der Waals surface area (Å²) in [4.78, 5) is 27.1. The van der Waals surface area contributed by atoms with Crippen molar-refractivity contribution in [2.75, 3.05) is 5.75 Å². The van der Waals surface area contributed by atoms with E-state index in [1.54, 1.807) is 6.20 Å². The van der Waals surface area contributed by atoms with Crippen molar-refractivity contribution >= 4 is 35.0 Å². The van der Waals surface area contributed by atoms with Crippen LogP contribution in [0.25, 0.3) is 0 Å². The normalized spacial score (nSPS) is 10.0. The Morgan fingerprint density at radius 3 is 2.75 bits per heavy atom. The molecule has 2 N–H and O–H groups in total. The van der Waals surface area contributed by atoms with Crippen LogP contribution in [0.3, 0.4) is 0 Å². The highest BCUT2D eigenvalue weighted by atomic mass is 32.2. The predicted molar refractivity (Wildman–Crippen MR) is 79.7 cm³/mol. The fourth-order valence-electron chi connectivity index (χ4n) is 1.39. The molecule has 0 fully saturated rings. The van der Waals surface area contributed by atoms with Gasteiger partial charge in [-0.1, -0.05) is 42.1 Å². The molecular formula is C13H13N3O2S2. The van der Waals surface area contributed by atoms with Gasteiger partial charge >= 0.3 is 6.03 Å². The predicted octanol–water partition coefficient (Wildman–Crippen LogP) is 2.26. The number of aromatic nitrogens is 1. The van der Waals surface area contributed by atoms with Crippen LogP contribution in [-0.4, -0.2) is 22.7 Å². The van der Waals surface area contributed by atoms with Crippen molar-refractivity contribution in [1.29, 1.82) is 0 Å². The SMILES string of the molecule is O=C(CSc1nccs1)NC(=O)NCc1ccccc1. The Balaban J connectivity index is 1.67. The lowest BCUT2D eigenvalue weighted by molar-refractivity contribution is -0.117. The van der Waals surface area contributed by atoms with Crippen LogP contribution in [0.1, 0.15) is 5.56 Å². The molecule has 0 atom stereocenters. The number of amides is 3. The van der Waals surface area contributed by atoms with Gasteiger partial charge in [-0.2, -0.15) is 0 Å². The molecule has 0 aliphatic carbocycles. The number of urea groups is 1. The van der Waals surface area contributed by atoms with Crippen molar-refractivity contribution in [3.05, 3.63) is 47.5 Å². The molecule has 0 spiro atoms. The number of carbonyl (C=O) groups is 2. The van der Waals surface area contributed by atoms with Crippen molar-refractivity contribution in [1.82, 2.24) is 15.6 Å². The molecule has 104 valence electrons. The third-order valence-electron chi connectivity index (χ3n) is 2.29. The minimum absolute atomic E-state index is 0.173. The van der Waals surface area contributed by atoms with E-state index < -0.39 is 6.03 Å². The number of thiazole rings is 1. The Bertz CT molecular complexity index is 558. The van der Waals surface area contributed by atoms with Gasteiger partial charge in [0.05, 0.1) is 5.75 Å². The van der Waals surface area contributed by atoms with Crippen LogP contribution >= 0.6 is 23.1 Å². The molecule has 2 aromatic rings. The lowest BCUT2D eigenvalue weighted by Crippen LogP contribution is -2.39. The second kappa shape index (κ2) is 7.66. The number of benzene rings is 1. The standard InChI is InChI=1S/C13H13N3O2S2/c17-11(9-20-13-14-6-7-19-13)16-12(18)15-8-10-4-2-1-3-5-10/h1-7H,8-9H2,(H2,15,16,17,18). The van der Waals surface area contributed by atoms with E-state index in [2.05, 4.69) is 15.6 Å². The van der Waals surface area contributed by atoms with Crippen LogP contribution in [0.15, 0.2) is 46.2 Å². The summed E-state index contributed by atoms with van der Waals surface area (Å²) in [6, 6.07) is 9.01.